The third-order valence-electron chi connectivity index (χ3n) is 3.86. The maximum atomic E-state index is 6.13. The summed E-state index contributed by atoms with van der Waals surface area (Å²) in [7, 11) is 0. The summed E-state index contributed by atoms with van der Waals surface area (Å²) in [5, 5.41) is 1.44. The van der Waals surface area contributed by atoms with Gasteiger partial charge in [0.2, 0.25) is 0 Å². The van der Waals surface area contributed by atoms with Gasteiger partial charge in [-0.15, -0.1) is 0 Å². The molecule has 0 spiro atoms. The molecule has 1 nitrogen and oxygen atoms in total. The van der Waals surface area contributed by atoms with Crippen LogP contribution in [0.15, 0.2) is 12.1 Å². The number of hydrogen-bond acceptors (Lipinski definition) is 1. The van der Waals surface area contributed by atoms with Gasteiger partial charge in [-0.1, -0.05) is 64.6 Å². The maximum Gasteiger partial charge on any atom is 0.157 e. The highest BCUT2D eigenvalue weighted by atomic mass is 79.9. The Kier molecular flexibility index (Phi) is 4.43. The van der Waals surface area contributed by atoms with E-state index in [0.717, 1.165) is 12.8 Å². The van der Waals surface area contributed by atoms with Crippen LogP contribution in [0, 0.1) is 5.41 Å². The number of alkyl halides is 1. The Morgan fingerprint density at radius 1 is 1.33 bits per heavy atom. The SMILES string of the molecule is CCC1(C)C(Br)CC1Oc1c(Cl)cc(Cl)cc1Cl. The van der Waals surface area contributed by atoms with Crippen LogP contribution in [0.4, 0.5) is 0 Å². The molecule has 100 valence electrons. The van der Waals surface area contributed by atoms with Gasteiger partial charge < -0.3 is 4.74 Å². The summed E-state index contributed by atoms with van der Waals surface area (Å²) < 4.78 is 5.99. The van der Waals surface area contributed by atoms with Crippen LogP contribution in [0.3, 0.4) is 0 Å². The van der Waals surface area contributed by atoms with Gasteiger partial charge >= 0.3 is 0 Å². The number of hydrogen-bond donors (Lipinski definition) is 0. The Balaban J connectivity index is 2.21. The number of benzene rings is 1. The summed E-state index contributed by atoms with van der Waals surface area (Å²) >= 11 is 21.8. The molecule has 0 saturated heterocycles. The molecular weight excluding hydrogens is 358 g/mol. The average Bonchev–Trinajstić information content (AvgIpc) is 2.30. The fourth-order valence-corrected chi connectivity index (χ4v) is 4.05. The fraction of sp³-hybridized carbons (Fsp3) is 0.538. The maximum absolute atomic E-state index is 6.13. The molecule has 1 fully saturated rings. The second-order valence-electron chi connectivity index (χ2n) is 4.87. The van der Waals surface area contributed by atoms with Crippen molar-refractivity contribution in [3.8, 4) is 5.75 Å². The number of rotatable bonds is 3. The number of ether oxygens (including phenoxy) is 1. The minimum absolute atomic E-state index is 0.117. The molecule has 5 heteroatoms. The van der Waals surface area contributed by atoms with Crippen molar-refractivity contribution >= 4 is 50.7 Å². The summed E-state index contributed by atoms with van der Waals surface area (Å²) in [5.74, 6) is 0.534. The lowest BCUT2D eigenvalue weighted by atomic mass is 9.65. The molecule has 1 aromatic rings. The highest BCUT2D eigenvalue weighted by molar-refractivity contribution is 9.09. The molecule has 18 heavy (non-hydrogen) atoms. The third-order valence-corrected chi connectivity index (χ3v) is 6.06. The van der Waals surface area contributed by atoms with Crippen LogP contribution in [0.2, 0.25) is 15.1 Å². The van der Waals surface area contributed by atoms with Crippen LogP contribution >= 0.6 is 50.7 Å². The van der Waals surface area contributed by atoms with E-state index >= 15 is 0 Å². The van der Waals surface area contributed by atoms with Crippen molar-refractivity contribution in [2.24, 2.45) is 5.41 Å². The zero-order valence-corrected chi connectivity index (χ0v) is 14.0. The van der Waals surface area contributed by atoms with Gasteiger partial charge in [-0.3, -0.25) is 0 Å². The molecule has 3 unspecified atom stereocenters. The minimum Gasteiger partial charge on any atom is -0.487 e. The van der Waals surface area contributed by atoms with E-state index in [2.05, 4.69) is 29.8 Å². The van der Waals surface area contributed by atoms with Gasteiger partial charge in [-0.25, -0.2) is 0 Å². The molecule has 0 aromatic heterocycles. The summed E-state index contributed by atoms with van der Waals surface area (Å²) in [6.07, 6.45) is 2.12. The van der Waals surface area contributed by atoms with E-state index in [-0.39, 0.29) is 11.5 Å². The standard InChI is InChI=1S/C13H14BrCl3O/c1-3-13(2)10(14)6-11(13)18-12-8(16)4-7(15)5-9(12)17/h4-5,10-11H,3,6H2,1-2H3. The lowest BCUT2D eigenvalue weighted by Crippen LogP contribution is -2.54. The molecule has 0 N–H and O–H groups in total. The summed E-state index contributed by atoms with van der Waals surface area (Å²) in [6, 6.07) is 3.30. The van der Waals surface area contributed by atoms with Crippen molar-refractivity contribution in [1.29, 1.82) is 0 Å². The van der Waals surface area contributed by atoms with Crippen LogP contribution in [0.5, 0.6) is 5.75 Å². The molecular formula is C13H14BrCl3O. The first kappa shape index (κ1) is 14.8. The Morgan fingerprint density at radius 3 is 2.33 bits per heavy atom. The predicted molar refractivity (Wildman–Crippen MR) is 81.6 cm³/mol. The first-order valence-corrected chi connectivity index (χ1v) is 7.88. The van der Waals surface area contributed by atoms with Crippen LogP contribution in [-0.4, -0.2) is 10.9 Å². The molecule has 2 rings (SSSR count). The highest BCUT2D eigenvalue weighted by Crippen LogP contribution is 2.51. The topological polar surface area (TPSA) is 9.23 Å². The van der Waals surface area contributed by atoms with E-state index in [9.17, 15) is 0 Å². The third kappa shape index (κ3) is 2.49. The van der Waals surface area contributed by atoms with Gasteiger partial charge in [0.15, 0.2) is 5.75 Å². The normalized spacial score (nSPS) is 31.0. The van der Waals surface area contributed by atoms with Gasteiger partial charge in [0, 0.05) is 15.3 Å². The van der Waals surface area contributed by atoms with Crippen molar-refractivity contribution in [3.05, 3.63) is 27.2 Å². The van der Waals surface area contributed by atoms with E-state index in [1.165, 1.54) is 0 Å². The van der Waals surface area contributed by atoms with Crippen LogP contribution in [0.1, 0.15) is 26.7 Å². The molecule has 0 bridgehead atoms. The van der Waals surface area contributed by atoms with Crippen molar-refractivity contribution in [1.82, 2.24) is 0 Å². The largest absolute Gasteiger partial charge is 0.487 e. The number of halogens is 4. The van der Waals surface area contributed by atoms with Crippen molar-refractivity contribution in [2.45, 2.75) is 37.6 Å². The molecule has 1 saturated carbocycles. The minimum atomic E-state index is 0.117. The van der Waals surface area contributed by atoms with E-state index in [1.54, 1.807) is 12.1 Å². The highest BCUT2D eigenvalue weighted by Gasteiger charge is 2.51. The summed E-state index contributed by atoms with van der Waals surface area (Å²) in [6.45, 7) is 4.37. The van der Waals surface area contributed by atoms with E-state index in [4.69, 9.17) is 39.5 Å². The molecule has 3 atom stereocenters. The molecule has 1 aliphatic rings. The van der Waals surface area contributed by atoms with Crippen LogP contribution in [0.25, 0.3) is 0 Å². The molecule has 0 heterocycles. The fourth-order valence-electron chi connectivity index (χ4n) is 2.18. The molecule has 0 aliphatic heterocycles. The van der Waals surface area contributed by atoms with E-state index < -0.39 is 0 Å². The predicted octanol–water partition coefficient (Wildman–Crippen LogP) is 5.98. The summed E-state index contributed by atoms with van der Waals surface area (Å²) in [5.41, 5.74) is 0.117. The zero-order valence-electron chi connectivity index (χ0n) is 10.1. The van der Waals surface area contributed by atoms with Crippen molar-refractivity contribution in [3.63, 3.8) is 0 Å². The first-order valence-electron chi connectivity index (χ1n) is 5.83. The Labute approximate surface area is 131 Å². The van der Waals surface area contributed by atoms with Crippen molar-refractivity contribution < 1.29 is 4.74 Å². The Hall–Kier alpha value is 0.370. The Morgan fingerprint density at radius 2 is 1.89 bits per heavy atom. The van der Waals surface area contributed by atoms with Gasteiger partial charge in [-0.05, 0) is 25.0 Å². The quantitative estimate of drug-likeness (QED) is 0.593. The van der Waals surface area contributed by atoms with E-state index in [0.29, 0.717) is 25.6 Å². The molecule has 0 amide bonds. The van der Waals surface area contributed by atoms with Gasteiger partial charge in [0.25, 0.3) is 0 Å². The average molecular weight is 373 g/mol. The lowest BCUT2D eigenvalue weighted by molar-refractivity contribution is -0.0242. The zero-order chi connectivity index (χ0) is 13.5. The van der Waals surface area contributed by atoms with Crippen molar-refractivity contribution in [2.75, 3.05) is 0 Å². The second kappa shape index (κ2) is 5.40. The summed E-state index contributed by atoms with van der Waals surface area (Å²) in [4.78, 5) is 0.477. The van der Waals surface area contributed by atoms with Crippen LogP contribution in [-0.2, 0) is 0 Å². The van der Waals surface area contributed by atoms with Gasteiger partial charge in [0.05, 0.1) is 10.0 Å². The molecule has 1 aliphatic carbocycles. The first-order chi connectivity index (χ1) is 8.38. The second-order valence-corrected chi connectivity index (χ2v) is 7.22. The Bertz CT molecular complexity index is 443. The lowest BCUT2D eigenvalue weighted by Gasteiger charge is -2.50. The molecule has 1 aromatic carbocycles. The van der Waals surface area contributed by atoms with E-state index in [1.807, 2.05) is 0 Å². The molecule has 0 radical (unpaired) electrons. The van der Waals surface area contributed by atoms with Crippen LogP contribution < -0.4 is 4.74 Å². The smallest absolute Gasteiger partial charge is 0.157 e. The van der Waals surface area contributed by atoms with Gasteiger partial charge in [0.1, 0.15) is 6.10 Å². The monoisotopic (exact) mass is 370 g/mol. The van der Waals surface area contributed by atoms with Gasteiger partial charge in [-0.2, -0.15) is 0 Å².